The molecule has 2 aliphatic heterocycles. The molecule has 0 aliphatic carbocycles. The second-order valence-electron chi connectivity index (χ2n) is 18.6. The van der Waals surface area contributed by atoms with Crippen LogP contribution in [0.5, 0.6) is 0 Å². The summed E-state index contributed by atoms with van der Waals surface area (Å²) < 4.78 is 14.4. The van der Waals surface area contributed by atoms with Crippen LogP contribution in [0.4, 0.5) is 11.4 Å². The topological polar surface area (TPSA) is 98.3 Å². The highest BCUT2D eigenvalue weighted by Crippen LogP contribution is 2.50. The number of anilines is 2. The highest BCUT2D eigenvalue weighted by molar-refractivity contribution is 6.74. The van der Waals surface area contributed by atoms with Gasteiger partial charge in [-0.25, -0.2) is 0 Å². The van der Waals surface area contributed by atoms with E-state index in [9.17, 15) is 4.79 Å². The second-order valence-corrected chi connectivity index (χ2v) is 28.0. The fraction of sp³-hybridized carbons (Fsp3) is 0.460. The third kappa shape index (κ3) is 10.1. The van der Waals surface area contributed by atoms with Gasteiger partial charge in [0.15, 0.2) is 16.6 Å². The zero-order valence-corrected chi connectivity index (χ0v) is 38.8. The molecule has 3 N–H and O–H groups in total. The SMILES string of the molecule is C.C.CCC(O[Si](C)(C)C(C)(C)C)(C1=CCC=N1)c1cccc2ccc(N)cc12.CCC(O[Si](C)(C)C(C)(C)C)(C1=CCC=N1)c1cccc2ccc(NC(C)=O)cc12. The lowest BCUT2D eigenvalue weighted by molar-refractivity contribution is -0.114. The van der Waals surface area contributed by atoms with Crippen molar-refractivity contribution < 1.29 is 13.6 Å². The summed E-state index contributed by atoms with van der Waals surface area (Å²) in [5, 5.41) is 7.65. The molecule has 1 amide bonds. The normalized spacial score (nSPS) is 16.2. The van der Waals surface area contributed by atoms with Crippen molar-refractivity contribution in [3.8, 4) is 0 Å². The van der Waals surface area contributed by atoms with Crippen molar-refractivity contribution in [3.63, 3.8) is 0 Å². The van der Waals surface area contributed by atoms with Crippen LogP contribution in [0, 0.1) is 0 Å². The summed E-state index contributed by atoms with van der Waals surface area (Å²) in [6.07, 6.45) is 11.7. The number of hydrogen-bond acceptors (Lipinski definition) is 6. The average Bonchev–Trinajstić information content (AvgIpc) is 3.88. The number of nitrogens with two attached hydrogens (primary N) is 1. The van der Waals surface area contributed by atoms with Gasteiger partial charge >= 0.3 is 0 Å². The van der Waals surface area contributed by atoms with Gasteiger partial charge in [0, 0.05) is 43.6 Å². The summed E-state index contributed by atoms with van der Waals surface area (Å²) >= 11 is 0. The first-order valence-electron chi connectivity index (χ1n) is 20.6. The first-order chi connectivity index (χ1) is 26.6. The Balaban J connectivity index is 0.000000306. The molecule has 2 atom stereocenters. The van der Waals surface area contributed by atoms with Crippen LogP contribution in [-0.4, -0.2) is 35.0 Å². The van der Waals surface area contributed by atoms with E-state index in [-0.39, 0.29) is 30.8 Å². The predicted octanol–water partition coefficient (Wildman–Crippen LogP) is 14.5. The maximum Gasteiger partial charge on any atom is 0.221 e. The van der Waals surface area contributed by atoms with E-state index in [1.807, 2.05) is 24.6 Å². The Morgan fingerprint density at radius 3 is 1.47 bits per heavy atom. The lowest BCUT2D eigenvalue weighted by Crippen LogP contribution is -2.49. The smallest absolute Gasteiger partial charge is 0.221 e. The van der Waals surface area contributed by atoms with Crippen LogP contribution in [0.25, 0.3) is 21.5 Å². The number of benzene rings is 4. The van der Waals surface area contributed by atoms with E-state index in [2.05, 4.69) is 160 Å². The molecule has 0 aromatic heterocycles. The van der Waals surface area contributed by atoms with Crippen molar-refractivity contribution in [1.82, 2.24) is 0 Å². The van der Waals surface area contributed by atoms with E-state index in [0.717, 1.165) is 70.2 Å². The number of hydrogen-bond donors (Lipinski definition) is 2. The van der Waals surface area contributed by atoms with Crippen molar-refractivity contribution in [2.45, 2.75) is 150 Å². The third-order valence-electron chi connectivity index (χ3n) is 12.6. The molecule has 2 aliphatic rings. The second kappa shape index (κ2) is 18.6. The summed E-state index contributed by atoms with van der Waals surface area (Å²) in [7, 11) is -4.18. The molecule has 7 nitrogen and oxygen atoms in total. The van der Waals surface area contributed by atoms with Crippen LogP contribution in [-0.2, 0) is 24.8 Å². The average molecular weight is 835 g/mol. The summed E-state index contributed by atoms with van der Waals surface area (Å²) in [4.78, 5) is 21.2. The highest BCUT2D eigenvalue weighted by atomic mass is 28.4. The van der Waals surface area contributed by atoms with Gasteiger partial charge in [-0.3, -0.25) is 14.8 Å². The number of nitrogens with one attached hydrogen (secondary N) is 1. The van der Waals surface area contributed by atoms with E-state index < -0.39 is 27.8 Å². The van der Waals surface area contributed by atoms with Crippen LogP contribution in [0.2, 0.25) is 36.3 Å². The highest BCUT2D eigenvalue weighted by Gasteiger charge is 2.49. The van der Waals surface area contributed by atoms with E-state index in [1.54, 1.807) is 0 Å². The van der Waals surface area contributed by atoms with Crippen molar-refractivity contribution in [1.29, 1.82) is 0 Å². The molecule has 4 aromatic carbocycles. The Labute approximate surface area is 359 Å². The summed E-state index contributed by atoms with van der Waals surface area (Å²) in [5.74, 6) is -0.0748. The summed E-state index contributed by atoms with van der Waals surface area (Å²) in [6.45, 7) is 28.8. The number of nitrogen functional groups attached to an aromatic ring is 1. The number of carbonyl (C=O) groups is 1. The maximum atomic E-state index is 11.6. The van der Waals surface area contributed by atoms with Gasteiger partial charge in [0.2, 0.25) is 5.91 Å². The van der Waals surface area contributed by atoms with E-state index >= 15 is 0 Å². The fourth-order valence-electron chi connectivity index (χ4n) is 7.38. The van der Waals surface area contributed by atoms with Gasteiger partial charge in [0.25, 0.3) is 0 Å². The lowest BCUT2D eigenvalue weighted by atomic mass is 9.84. The number of amides is 1. The maximum absolute atomic E-state index is 11.6. The number of nitrogens with zero attached hydrogens (tertiary/aromatic N) is 2. The van der Waals surface area contributed by atoms with Gasteiger partial charge in [-0.1, -0.05) is 131 Å². The first kappa shape index (κ1) is 49.2. The van der Waals surface area contributed by atoms with Gasteiger partial charge in [0.1, 0.15) is 11.2 Å². The Bertz CT molecular complexity index is 2240. The molecule has 320 valence electrons. The number of rotatable bonds is 11. The monoisotopic (exact) mass is 835 g/mol. The molecule has 2 unspecified atom stereocenters. The largest absolute Gasteiger partial charge is 0.402 e. The van der Waals surface area contributed by atoms with Crippen LogP contribution in [0.3, 0.4) is 0 Å². The predicted molar refractivity (Wildman–Crippen MR) is 263 cm³/mol. The van der Waals surface area contributed by atoms with Crippen LogP contribution >= 0.6 is 0 Å². The van der Waals surface area contributed by atoms with Gasteiger partial charge in [-0.05, 0) is 106 Å². The number of allylic oxidation sites excluding steroid dienone is 2. The quantitative estimate of drug-likeness (QED) is 0.116. The molecular formula is C50H74N4O3Si2. The molecule has 4 aromatic rings. The Morgan fingerprint density at radius 2 is 1.10 bits per heavy atom. The van der Waals surface area contributed by atoms with Crippen LogP contribution < -0.4 is 11.1 Å². The zero-order chi connectivity index (χ0) is 42.0. The molecule has 0 saturated carbocycles. The van der Waals surface area contributed by atoms with Gasteiger partial charge in [0.05, 0.1) is 11.4 Å². The Morgan fingerprint density at radius 1 is 0.678 bits per heavy atom. The molecule has 6 rings (SSSR count). The number of carbonyl (C=O) groups excluding carboxylic acids is 1. The Kier molecular flexibility index (Phi) is 15.5. The molecule has 0 radical (unpaired) electrons. The summed E-state index contributed by atoms with van der Waals surface area (Å²) in [5.41, 5.74) is 10.9. The molecule has 0 bridgehead atoms. The minimum Gasteiger partial charge on any atom is -0.402 e. The molecular weight excluding hydrogens is 761 g/mol. The molecule has 0 spiro atoms. The first-order valence-corrected chi connectivity index (χ1v) is 26.4. The molecule has 0 saturated heterocycles. The van der Waals surface area contributed by atoms with E-state index in [1.165, 1.54) is 17.9 Å². The Hall–Kier alpha value is -4.16. The zero-order valence-electron chi connectivity index (χ0n) is 36.8. The van der Waals surface area contributed by atoms with Crippen LogP contribution in [0.15, 0.2) is 106 Å². The van der Waals surface area contributed by atoms with E-state index in [0.29, 0.717) is 0 Å². The van der Waals surface area contributed by atoms with Gasteiger partial charge < -0.3 is 19.9 Å². The van der Waals surface area contributed by atoms with Gasteiger partial charge in [-0.15, -0.1) is 0 Å². The molecule has 2 heterocycles. The minimum atomic E-state index is -2.12. The van der Waals surface area contributed by atoms with Crippen molar-refractivity contribution in [2.75, 3.05) is 11.1 Å². The lowest BCUT2D eigenvalue weighted by Gasteiger charge is -2.46. The van der Waals surface area contributed by atoms with Crippen molar-refractivity contribution in [3.05, 3.63) is 107 Å². The van der Waals surface area contributed by atoms with Gasteiger partial charge in [-0.2, -0.15) is 0 Å². The van der Waals surface area contributed by atoms with Crippen LogP contribution in [0.1, 0.15) is 114 Å². The van der Waals surface area contributed by atoms with Crippen molar-refractivity contribution in [2.24, 2.45) is 9.98 Å². The van der Waals surface area contributed by atoms with E-state index in [4.69, 9.17) is 24.6 Å². The number of fused-ring (bicyclic) bond motifs is 2. The molecule has 9 heteroatoms. The molecule has 0 fully saturated rings. The number of aliphatic imine (C=N–C) groups is 2. The van der Waals surface area contributed by atoms with Crippen molar-refractivity contribution >= 4 is 67.9 Å². The standard InChI is InChI=1S/C25H34N2O2Si.C23H32N2OSi.2CH4/c1-8-25(23-13-10-16-26-23,29-30(6,7)24(3,4)5)22-12-9-11-19-14-15-20(17-21(19)22)27-18(2)28;1-7-23(21-12-9-15-25-21,26-27(5,6)22(2,3)4)20-11-8-10-17-13-14-18(24)16-19(17)20;;/h9,11-17H,8,10H2,1-7H3,(H,27,28);8,10-16H,7,9,24H2,1-6H3;2*1H4. The minimum absolute atomic E-state index is 0. The fourth-order valence-corrected chi connectivity index (χ4v) is 10.5. The summed E-state index contributed by atoms with van der Waals surface area (Å²) in [6, 6.07) is 25.0. The molecule has 59 heavy (non-hydrogen) atoms. The third-order valence-corrected chi connectivity index (χ3v) is 21.5.